The molecule has 2 fully saturated rings. The van der Waals surface area contributed by atoms with Crippen LogP contribution in [0.25, 0.3) is 0 Å². The van der Waals surface area contributed by atoms with E-state index in [9.17, 15) is 9.59 Å². The topological polar surface area (TPSA) is 53.8 Å². The zero-order valence-corrected chi connectivity index (χ0v) is 16.3. The lowest BCUT2D eigenvalue weighted by Gasteiger charge is -2.37. The summed E-state index contributed by atoms with van der Waals surface area (Å²) in [5.74, 6) is 1.01. The second-order valence-corrected chi connectivity index (χ2v) is 8.04. The predicted octanol–water partition coefficient (Wildman–Crippen LogP) is 3.61. The van der Waals surface area contributed by atoms with E-state index in [-0.39, 0.29) is 17.7 Å². The first kappa shape index (κ1) is 18.8. The summed E-state index contributed by atoms with van der Waals surface area (Å²) >= 11 is 0. The summed E-state index contributed by atoms with van der Waals surface area (Å²) in [7, 11) is 0. The second kappa shape index (κ2) is 8.63. The normalized spacial score (nSPS) is 19.0. The van der Waals surface area contributed by atoms with Gasteiger partial charge in [-0.25, -0.2) is 0 Å². The van der Waals surface area contributed by atoms with Crippen molar-refractivity contribution in [3.63, 3.8) is 0 Å². The molecule has 28 heavy (non-hydrogen) atoms. The maximum absolute atomic E-state index is 12.9. The molecule has 5 nitrogen and oxygen atoms in total. The second-order valence-electron chi connectivity index (χ2n) is 8.04. The van der Waals surface area contributed by atoms with Crippen molar-refractivity contribution in [1.82, 2.24) is 9.80 Å². The Morgan fingerprint density at radius 3 is 2.21 bits per heavy atom. The average molecular weight is 380 g/mol. The van der Waals surface area contributed by atoms with Gasteiger partial charge < -0.3 is 14.2 Å². The molecule has 0 unspecified atom stereocenters. The van der Waals surface area contributed by atoms with E-state index in [1.807, 2.05) is 4.90 Å². The van der Waals surface area contributed by atoms with Crippen molar-refractivity contribution in [2.24, 2.45) is 11.8 Å². The summed E-state index contributed by atoms with van der Waals surface area (Å²) in [6.45, 7) is 3.02. The Morgan fingerprint density at radius 1 is 0.893 bits per heavy atom. The van der Waals surface area contributed by atoms with Crippen LogP contribution in [0, 0.1) is 11.8 Å². The summed E-state index contributed by atoms with van der Waals surface area (Å²) in [6, 6.07) is 12.3. The summed E-state index contributed by atoms with van der Waals surface area (Å²) in [6.07, 6.45) is 7.79. The van der Waals surface area contributed by atoms with Gasteiger partial charge in [0, 0.05) is 32.1 Å². The lowest BCUT2D eigenvalue weighted by Crippen LogP contribution is -2.46. The molecule has 0 saturated carbocycles. The fraction of sp³-hybridized carbons (Fsp3) is 0.478. The maximum atomic E-state index is 12.9. The molecule has 2 aliphatic heterocycles. The van der Waals surface area contributed by atoms with E-state index >= 15 is 0 Å². The molecular formula is C23H28N2O3. The Morgan fingerprint density at radius 2 is 1.57 bits per heavy atom. The molecule has 0 bridgehead atoms. The van der Waals surface area contributed by atoms with Crippen molar-refractivity contribution in [3.05, 3.63) is 60.1 Å². The molecule has 2 aliphatic rings. The molecule has 5 heteroatoms. The fourth-order valence-corrected chi connectivity index (χ4v) is 4.46. The summed E-state index contributed by atoms with van der Waals surface area (Å²) in [5, 5.41) is 0. The average Bonchev–Trinajstić information content (AvgIpc) is 3.29. The molecule has 1 aromatic carbocycles. The van der Waals surface area contributed by atoms with Gasteiger partial charge in [-0.2, -0.15) is 0 Å². The molecule has 148 valence electrons. The Bertz CT molecular complexity index is 771. The number of rotatable bonds is 4. The highest BCUT2D eigenvalue weighted by molar-refractivity contribution is 5.94. The number of benzene rings is 1. The Labute approximate surface area is 166 Å². The molecule has 3 heterocycles. The third-order valence-corrected chi connectivity index (χ3v) is 6.19. The van der Waals surface area contributed by atoms with E-state index in [1.165, 1.54) is 18.1 Å². The standard InChI is InChI=1S/C23H28N2O3/c26-22(20-8-13-25(14-9-20)23(27)21-10-15-28-17-21)24-11-6-19(7-12-24)16-18-4-2-1-3-5-18/h1-5,10,15,17,19-20H,6-9,11-14,16H2. The zero-order valence-electron chi connectivity index (χ0n) is 16.3. The van der Waals surface area contributed by atoms with Gasteiger partial charge in [0.1, 0.15) is 6.26 Å². The van der Waals surface area contributed by atoms with Crippen LogP contribution in [0.3, 0.4) is 0 Å². The van der Waals surface area contributed by atoms with Gasteiger partial charge >= 0.3 is 0 Å². The van der Waals surface area contributed by atoms with E-state index in [1.54, 1.807) is 6.07 Å². The van der Waals surface area contributed by atoms with Crippen LogP contribution in [0.5, 0.6) is 0 Å². The van der Waals surface area contributed by atoms with Gasteiger partial charge in [0.15, 0.2) is 0 Å². The highest BCUT2D eigenvalue weighted by atomic mass is 16.3. The largest absolute Gasteiger partial charge is 0.472 e. The van der Waals surface area contributed by atoms with Crippen LogP contribution < -0.4 is 0 Å². The lowest BCUT2D eigenvalue weighted by atomic mass is 9.88. The maximum Gasteiger partial charge on any atom is 0.257 e. The van der Waals surface area contributed by atoms with Gasteiger partial charge in [-0.05, 0) is 49.7 Å². The van der Waals surface area contributed by atoms with E-state index in [4.69, 9.17) is 4.42 Å². The summed E-state index contributed by atoms with van der Waals surface area (Å²) < 4.78 is 5.00. The first-order valence-electron chi connectivity index (χ1n) is 10.3. The predicted molar refractivity (Wildman–Crippen MR) is 107 cm³/mol. The molecular weight excluding hydrogens is 352 g/mol. The molecule has 2 saturated heterocycles. The molecule has 1 aromatic heterocycles. The number of hydrogen-bond acceptors (Lipinski definition) is 3. The fourth-order valence-electron chi connectivity index (χ4n) is 4.46. The number of piperidine rings is 2. The quantitative estimate of drug-likeness (QED) is 0.814. The van der Waals surface area contributed by atoms with Crippen molar-refractivity contribution < 1.29 is 14.0 Å². The smallest absolute Gasteiger partial charge is 0.257 e. The van der Waals surface area contributed by atoms with Crippen LogP contribution in [-0.4, -0.2) is 47.8 Å². The van der Waals surface area contributed by atoms with Crippen molar-refractivity contribution in [3.8, 4) is 0 Å². The summed E-state index contributed by atoms with van der Waals surface area (Å²) in [4.78, 5) is 29.2. The van der Waals surface area contributed by atoms with Crippen LogP contribution in [0.15, 0.2) is 53.3 Å². The molecule has 0 atom stereocenters. The van der Waals surface area contributed by atoms with Crippen molar-refractivity contribution in [2.45, 2.75) is 32.1 Å². The van der Waals surface area contributed by atoms with Crippen LogP contribution >= 0.6 is 0 Å². The molecule has 0 N–H and O–H groups in total. The van der Waals surface area contributed by atoms with Crippen LogP contribution in [-0.2, 0) is 11.2 Å². The molecule has 0 spiro atoms. The summed E-state index contributed by atoms with van der Waals surface area (Å²) in [5.41, 5.74) is 1.98. The first-order chi connectivity index (χ1) is 13.7. The lowest BCUT2D eigenvalue weighted by molar-refractivity contribution is -0.138. The SMILES string of the molecule is O=C(c1ccoc1)N1CCC(C(=O)N2CCC(Cc3ccccc3)CC2)CC1. The molecule has 4 rings (SSSR count). The minimum Gasteiger partial charge on any atom is -0.472 e. The van der Waals surface area contributed by atoms with Gasteiger partial charge in [0.05, 0.1) is 11.8 Å². The van der Waals surface area contributed by atoms with Crippen molar-refractivity contribution in [2.75, 3.05) is 26.2 Å². The molecule has 2 aromatic rings. The number of likely N-dealkylation sites (tertiary alicyclic amines) is 2. The minimum atomic E-state index is 0.00127. The van der Waals surface area contributed by atoms with Crippen LogP contribution in [0.4, 0.5) is 0 Å². The number of furan rings is 1. The minimum absolute atomic E-state index is 0.00127. The van der Waals surface area contributed by atoms with Gasteiger partial charge in [0.2, 0.25) is 5.91 Å². The number of carbonyl (C=O) groups is 2. The van der Waals surface area contributed by atoms with E-state index in [2.05, 4.69) is 35.2 Å². The van der Waals surface area contributed by atoms with Gasteiger partial charge in [-0.3, -0.25) is 9.59 Å². The zero-order chi connectivity index (χ0) is 19.3. The first-order valence-corrected chi connectivity index (χ1v) is 10.3. The van der Waals surface area contributed by atoms with Gasteiger partial charge in [0.25, 0.3) is 5.91 Å². The van der Waals surface area contributed by atoms with Crippen LogP contribution in [0.1, 0.15) is 41.6 Å². The van der Waals surface area contributed by atoms with Crippen molar-refractivity contribution in [1.29, 1.82) is 0 Å². The number of nitrogens with zero attached hydrogens (tertiary/aromatic N) is 2. The van der Waals surface area contributed by atoms with E-state index in [0.717, 1.165) is 45.2 Å². The van der Waals surface area contributed by atoms with E-state index < -0.39 is 0 Å². The molecule has 0 radical (unpaired) electrons. The third kappa shape index (κ3) is 4.29. The van der Waals surface area contributed by atoms with Gasteiger partial charge in [-0.1, -0.05) is 30.3 Å². The molecule has 2 amide bonds. The highest BCUT2D eigenvalue weighted by Gasteiger charge is 2.32. The van der Waals surface area contributed by atoms with E-state index in [0.29, 0.717) is 24.6 Å². The number of amides is 2. The molecule has 0 aliphatic carbocycles. The number of carbonyl (C=O) groups excluding carboxylic acids is 2. The third-order valence-electron chi connectivity index (χ3n) is 6.19. The van der Waals surface area contributed by atoms with Gasteiger partial charge in [-0.15, -0.1) is 0 Å². The monoisotopic (exact) mass is 380 g/mol. The highest BCUT2D eigenvalue weighted by Crippen LogP contribution is 2.26. The van der Waals surface area contributed by atoms with Crippen LogP contribution in [0.2, 0.25) is 0 Å². The van der Waals surface area contributed by atoms with Crippen molar-refractivity contribution >= 4 is 11.8 Å². The Balaban J connectivity index is 1.23. The Kier molecular flexibility index (Phi) is 5.79. The number of hydrogen-bond donors (Lipinski definition) is 0. The Hall–Kier alpha value is -2.56.